The molecule has 1 aromatic heterocycles. The van der Waals surface area contributed by atoms with E-state index < -0.39 is 0 Å². The Labute approximate surface area is 120 Å². The number of halogens is 1. The Kier molecular flexibility index (Phi) is 3.52. The van der Waals surface area contributed by atoms with Gasteiger partial charge in [-0.05, 0) is 47.0 Å². The molecule has 0 radical (unpaired) electrons. The van der Waals surface area contributed by atoms with Gasteiger partial charge in [-0.15, -0.1) is 5.10 Å². The van der Waals surface area contributed by atoms with Crippen LogP contribution in [-0.2, 0) is 6.54 Å². The average molecular weight is 323 g/mol. The third kappa shape index (κ3) is 2.79. The van der Waals surface area contributed by atoms with Crippen molar-refractivity contribution in [2.75, 3.05) is 7.11 Å². The van der Waals surface area contributed by atoms with Crippen molar-refractivity contribution < 1.29 is 4.74 Å². The lowest BCUT2D eigenvalue weighted by Crippen LogP contribution is -2.18. The molecule has 1 saturated carbocycles. The molecule has 1 N–H and O–H groups in total. The molecule has 3 rings (SSSR count). The number of rotatable bonds is 5. The molecule has 0 spiro atoms. The highest BCUT2D eigenvalue weighted by Gasteiger charge is 2.21. The molecular weight excluding hydrogens is 308 g/mol. The molecule has 6 heteroatoms. The van der Waals surface area contributed by atoms with Crippen molar-refractivity contribution in [1.82, 2.24) is 20.3 Å². The van der Waals surface area contributed by atoms with Gasteiger partial charge in [0, 0.05) is 12.6 Å². The van der Waals surface area contributed by atoms with Gasteiger partial charge in [0.1, 0.15) is 5.75 Å². The third-order valence-electron chi connectivity index (χ3n) is 3.15. The van der Waals surface area contributed by atoms with Gasteiger partial charge < -0.3 is 10.1 Å². The minimum atomic E-state index is 0.672. The summed E-state index contributed by atoms with van der Waals surface area (Å²) in [4.78, 5) is 0. The molecule has 1 heterocycles. The molecule has 2 aromatic rings. The number of ether oxygens (including phenoxy) is 1. The predicted octanol–water partition coefficient (Wildman–Crippen LogP) is 2.29. The van der Waals surface area contributed by atoms with Crippen LogP contribution in [0.5, 0.6) is 5.75 Å². The van der Waals surface area contributed by atoms with E-state index in [1.807, 2.05) is 22.9 Å². The van der Waals surface area contributed by atoms with E-state index in [0.29, 0.717) is 6.04 Å². The van der Waals surface area contributed by atoms with Crippen LogP contribution in [-0.4, -0.2) is 28.1 Å². The van der Waals surface area contributed by atoms with Gasteiger partial charge in [-0.2, -0.15) is 0 Å². The molecule has 5 nitrogen and oxygen atoms in total. The molecule has 0 atom stereocenters. The largest absolute Gasteiger partial charge is 0.496 e. The highest BCUT2D eigenvalue weighted by atomic mass is 79.9. The van der Waals surface area contributed by atoms with Crippen LogP contribution < -0.4 is 10.1 Å². The van der Waals surface area contributed by atoms with Crippen molar-refractivity contribution >= 4 is 15.9 Å². The number of methoxy groups -OCH3 is 1. The SMILES string of the molecule is COc1ccc(-n2nncc2CNC2CC2)cc1Br. The highest BCUT2D eigenvalue weighted by molar-refractivity contribution is 9.10. The van der Waals surface area contributed by atoms with Crippen molar-refractivity contribution in [2.45, 2.75) is 25.4 Å². The first kappa shape index (κ1) is 12.6. The molecule has 1 aliphatic carbocycles. The highest BCUT2D eigenvalue weighted by Crippen LogP contribution is 2.27. The third-order valence-corrected chi connectivity index (χ3v) is 3.77. The summed E-state index contributed by atoms with van der Waals surface area (Å²) in [7, 11) is 1.65. The minimum absolute atomic E-state index is 0.672. The summed E-state index contributed by atoms with van der Waals surface area (Å²) >= 11 is 3.49. The zero-order valence-electron chi connectivity index (χ0n) is 10.6. The smallest absolute Gasteiger partial charge is 0.133 e. The molecule has 1 aliphatic rings. The Morgan fingerprint density at radius 2 is 2.32 bits per heavy atom. The Morgan fingerprint density at radius 1 is 1.47 bits per heavy atom. The van der Waals surface area contributed by atoms with Gasteiger partial charge in [0.15, 0.2) is 0 Å². The summed E-state index contributed by atoms with van der Waals surface area (Å²) in [6.07, 6.45) is 4.35. The molecule has 100 valence electrons. The van der Waals surface area contributed by atoms with E-state index in [1.54, 1.807) is 13.3 Å². The molecule has 0 bridgehead atoms. The van der Waals surface area contributed by atoms with Crippen LogP contribution >= 0.6 is 15.9 Å². The van der Waals surface area contributed by atoms with Gasteiger partial charge in [-0.1, -0.05) is 5.21 Å². The fourth-order valence-electron chi connectivity index (χ4n) is 1.92. The van der Waals surface area contributed by atoms with E-state index in [4.69, 9.17) is 4.74 Å². The van der Waals surface area contributed by atoms with Gasteiger partial charge in [0.25, 0.3) is 0 Å². The second-order valence-corrected chi connectivity index (χ2v) is 5.47. The number of nitrogens with zero attached hydrogens (tertiary/aromatic N) is 3. The van der Waals surface area contributed by atoms with Crippen LogP contribution in [0.3, 0.4) is 0 Å². The molecule has 0 saturated heterocycles. The van der Waals surface area contributed by atoms with Gasteiger partial charge in [0.2, 0.25) is 0 Å². The van der Waals surface area contributed by atoms with E-state index in [0.717, 1.165) is 28.1 Å². The zero-order chi connectivity index (χ0) is 13.2. The summed E-state index contributed by atoms with van der Waals surface area (Å²) in [5.74, 6) is 0.807. The van der Waals surface area contributed by atoms with Crippen molar-refractivity contribution in [1.29, 1.82) is 0 Å². The molecule has 1 aromatic carbocycles. The normalized spacial score (nSPS) is 14.6. The topological polar surface area (TPSA) is 52.0 Å². The first-order chi connectivity index (χ1) is 9.28. The van der Waals surface area contributed by atoms with E-state index >= 15 is 0 Å². The van der Waals surface area contributed by atoms with E-state index in [9.17, 15) is 0 Å². The maximum Gasteiger partial charge on any atom is 0.133 e. The molecule has 19 heavy (non-hydrogen) atoms. The Bertz CT molecular complexity index is 580. The Balaban J connectivity index is 1.84. The number of hydrogen-bond donors (Lipinski definition) is 1. The maximum atomic E-state index is 5.23. The second kappa shape index (κ2) is 5.30. The maximum absolute atomic E-state index is 5.23. The van der Waals surface area contributed by atoms with Crippen molar-refractivity contribution in [3.8, 4) is 11.4 Å². The van der Waals surface area contributed by atoms with Crippen LogP contribution in [0, 0.1) is 0 Å². The van der Waals surface area contributed by atoms with Crippen molar-refractivity contribution in [3.05, 3.63) is 34.6 Å². The molecule has 0 amide bonds. The summed E-state index contributed by atoms with van der Waals surface area (Å²) in [5, 5.41) is 11.6. The zero-order valence-corrected chi connectivity index (χ0v) is 12.2. The van der Waals surface area contributed by atoms with Crippen LogP contribution in [0.4, 0.5) is 0 Å². The average Bonchev–Trinajstić information content (AvgIpc) is 3.13. The fraction of sp³-hybridized carbons (Fsp3) is 0.385. The molecule has 1 fully saturated rings. The van der Waals surface area contributed by atoms with E-state index in [-0.39, 0.29) is 0 Å². The van der Waals surface area contributed by atoms with Gasteiger partial charge in [0.05, 0.1) is 29.2 Å². The van der Waals surface area contributed by atoms with Crippen LogP contribution in [0.2, 0.25) is 0 Å². The Hall–Kier alpha value is -1.40. The van der Waals surface area contributed by atoms with Gasteiger partial charge in [-0.25, -0.2) is 4.68 Å². The standard InChI is InChI=1S/C13H15BrN4O/c1-19-13-5-4-10(6-12(13)14)18-11(8-16-17-18)7-15-9-2-3-9/h4-6,8-9,15H,2-3,7H2,1H3. The summed E-state index contributed by atoms with van der Waals surface area (Å²) in [5.41, 5.74) is 2.03. The lowest BCUT2D eigenvalue weighted by Gasteiger charge is -2.09. The fourth-order valence-corrected chi connectivity index (χ4v) is 2.45. The Morgan fingerprint density at radius 3 is 3.00 bits per heavy atom. The van der Waals surface area contributed by atoms with E-state index in [1.165, 1.54) is 12.8 Å². The molecule has 0 aliphatic heterocycles. The van der Waals surface area contributed by atoms with Crippen LogP contribution in [0.15, 0.2) is 28.9 Å². The number of nitrogens with one attached hydrogen (secondary N) is 1. The first-order valence-electron chi connectivity index (χ1n) is 6.25. The van der Waals surface area contributed by atoms with Gasteiger partial charge in [-0.3, -0.25) is 0 Å². The number of aromatic nitrogens is 3. The lowest BCUT2D eigenvalue weighted by molar-refractivity contribution is 0.412. The monoisotopic (exact) mass is 322 g/mol. The summed E-state index contributed by atoms with van der Waals surface area (Å²) in [6, 6.07) is 6.54. The van der Waals surface area contributed by atoms with Crippen LogP contribution in [0.25, 0.3) is 5.69 Å². The van der Waals surface area contributed by atoms with Crippen LogP contribution in [0.1, 0.15) is 18.5 Å². The number of hydrogen-bond acceptors (Lipinski definition) is 4. The molecular formula is C13H15BrN4O. The second-order valence-electron chi connectivity index (χ2n) is 4.61. The minimum Gasteiger partial charge on any atom is -0.496 e. The first-order valence-corrected chi connectivity index (χ1v) is 7.04. The predicted molar refractivity (Wildman–Crippen MR) is 75.5 cm³/mol. The quantitative estimate of drug-likeness (QED) is 0.917. The van der Waals surface area contributed by atoms with Crippen molar-refractivity contribution in [2.24, 2.45) is 0 Å². The van der Waals surface area contributed by atoms with Gasteiger partial charge >= 0.3 is 0 Å². The number of benzene rings is 1. The molecule has 0 unspecified atom stereocenters. The lowest BCUT2D eigenvalue weighted by atomic mass is 10.3. The van der Waals surface area contributed by atoms with E-state index in [2.05, 4.69) is 31.6 Å². The summed E-state index contributed by atoms with van der Waals surface area (Å²) in [6.45, 7) is 0.793. The van der Waals surface area contributed by atoms with Crippen molar-refractivity contribution in [3.63, 3.8) is 0 Å². The summed E-state index contributed by atoms with van der Waals surface area (Å²) < 4.78 is 7.98.